The van der Waals surface area contributed by atoms with E-state index in [1.807, 2.05) is 50.2 Å². The Morgan fingerprint density at radius 1 is 1.04 bits per heavy atom. The Hall–Kier alpha value is -2.24. The monoisotopic (exact) mass is 343 g/mol. The van der Waals surface area contributed by atoms with E-state index in [1.54, 1.807) is 7.11 Å². The first-order valence-electron chi connectivity index (χ1n) is 8.39. The van der Waals surface area contributed by atoms with Gasteiger partial charge in [0.1, 0.15) is 5.75 Å². The molecule has 2 aromatic rings. The summed E-state index contributed by atoms with van der Waals surface area (Å²) in [5, 5.41) is 10.3. The van der Waals surface area contributed by atoms with Gasteiger partial charge in [0.15, 0.2) is 11.5 Å². The number of hydrogen-bond acceptors (Lipinski definition) is 5. The molecule has 3 rings (SSSR count). The lowest BCUT2D eigenvalue weighted by molar-refractivity contribution is 0.0306. The molecule has 0 amide bonds. The summed E-state index contributed by atoms with van der Waals surface area (Å²) in [6.45, 7) is 5.90. The van der Waals surface area contributed by atoms with E-state index in [9.17, 15) is 5.11 Å². The lowest BCUT2D eigenvalue weighted by atomic mass is 10.1. The van der Waals surface area contributed by atoms with Gasteiger partial charge in [0.05, 0.1) is 12.7 Å². The number of benzene rings is 2. The molecule has 1 heterocycles. The molecule has 1 aliphatic rings. The maximum Gasteiger partial charge on any atom is 0.231 e. The number of methoxy groups -OCH3 is 1. The van der Waals surface area contributed by atoms with Gasteiger partial charge in [0.2, 0.25) is 6.79 Å². The van der Waals surface area contributed by atoms with E-state index in [0.29, 0.717) is 13.1 Å². The van der Waals surface area contributed by atoms with Crippen molar-refractivity contribution in [3.63, 3.8) is 0 Å². The minimum absolute atomic E-state index is 0.274. The molecule has 0 radical (unpaired) electrons. The second-order valence-electron chi connectivity index (χ2n) is 7.00. The van der Waals surface area contributed by atoms with Crippen LogP contribution >= 0.6 is 0 Å². The highest BCUT2D eigenvalue weighted by Gasteiger charge is 2.20. The maximum atomic E-state index is 10.3. The molecule has 0 unspecified atom stereocenters. The predicted molar refractivity (Wildman–Crippen MR) is 96.0 cm³/mol. The summed E-state index contributed by atoms with van der Waals surface area (Å²) in [6.07, 6.45) is 0. The van der Waals surface area contributed by atoms with E-state index in [-0.39, 0.29) is 6.79 Å². The molecular weight excluding hydrogens is 318 g/mol. The minimum atomic E-state index is -0.783. The average molecular weight is 343 g/mol. The summed E-state index contributed by atoms with van der Waals surface area (Å²) < 4.78 is 16.1. The second-order valence-corrected chi connectivity index (χ2v) is 7.00. The zero-order valence-electron chi connectivity index (χ0n) is 15.0. The van der Waals surface area contributed by atoms with Crippen molar-refractivity contribution in [3.05, 3.63) is 53.6 Å². The number of ether oxygens (including phenoxy) is 3. The molecule has 25 heavy (non-hydrogen) atoms. The van der Waals surface area contributed by atoms with Gasteiger partial charge in [-0.2, -0.15) is 0 Å². The van der Waals surface area contributed by atoms with Crippen molar-refractivity contribution in [2.45, 2.75) is 32.5 Å². The fraction of sp³-hybridized carbons (Fsp3) is 0.400. The van der Waals surface area contributed by atoms with Gasteiger partial charge in [-0.25, -0.2) is 0 Å². The summed E-state index contributed by atoms with van der Waals surface area (Å²) in [5.41, 5.74) is 1.48. The smallest absolute Gasteiger partial charge is 0.231 e. The van der Waals surface area contributed by atoms with Gasteiger partial charge >= 0.3 is 0 Å². The maximum absolute atomic E-state index is 10.3. The summed E-state index contributed by atoms with van der Waals surface area (Å²) in [4.78, 5) is 2.21. The van der Waals surface area contributed by atoms with Crippen LogP contribution in [0.5, 0.6) is 17.2 Å². The topological polar surface area (TPSA) is 51.2 Å². The highest BCUT2D eigenvalue weighted by molar-refractivity contribution is 5.44. The van der Waals surface area contributed by atoms with Crippen LogP contribution in [-0.2, 0) is 13.1 Å². The molecular formula is C20H25NO4. The molecule has 0 saturated heterocycles. The molecule has 2 aromatic carbocycles. The Balaban J connectivity index is 1.77. The van der Waals surface area contributed by atoms with Crippen LogP contribution in [0.4, 0.5) is 0 Å². The number of hydrogen-bond donors (Lipinski definition) is 1. The van der Waals surface area contributed by atoms with E-state index in [1.165, 1.54) is 0 Å². The largest absolute Gasteiger partial charge is 0.497 e. The molecule has 5 nitrogen and oxygen atoms in total. The highest BCUT2D eigenvalue weighted by Crippen LogP contribution is 2.33. The van der Waals surface area contributed by atoms with Gasteiger partial charge in [-0.1, -0.05) is 18.2 Å². The molecule has 0 bridgehead atoms. The molecule has 0 aromatic heterocycles. The molecule has 5 heteroatoms. The van der Waals surface area contributed by atoms with Crippen LogP contribution in [0.1, 0.15) is 25.0 Å². The van der Waals surface area contributed by atoms with Crippen LogP contribution in [0.2, 0.25) is 0 Å². The Morgan fingerprint density at radius 3 is 2.48 bits per heavy atom. The van der Waals surface area contributed by atoms with Gasteiger partial charge in [-0.05, 0) is 49.2 Å². The summed E-state index contributed by atoms with van der Waals surface area (Å²) in [5.74, 6) is 2.40. The molecule has 0 spiro atoms. The Kier molecular flexibility index (Phi) is 5.16. The van der Waals surface area contributed by atoms with E-state index in [4.69, 9.17) is 14.2 Å². The van der Waals surface area contributed by atoms with Crippen LogP contribution in [-0.4, -0.2) is 36.1 Å². The highest BCUT2D eigenvalue weighted by atomic mass is 16.7. The van der Waals surface area contributed by atoms with Crippen LogP contribution in [0.25, 0.3) is 0 Å². The van der Waals surface area contributed by atoms with Crippen molar-refractivity contribution in [3.8, 4) is 17.2 Å². The van der Waals surface area contributed by atoms with Gasteiger partial charge in [-0.3, -0.25) is 4.90 Å². The first-order valence-corrected chi connectivity index (χ1v) is 8.39. The van der Waals surface area contributed by atoms with Crippen LogP contribution in [0.3, 0.4) is 0 Å². The van der Waals surface area contributed by atoms with Crippen LogP contribution in [0.15, 0.2) is 42.5 Å². The lowest BCUT2D eigenvalue weighted by Crippen LogP contribution is -2.37. The molecule has 134 valence electrons. The SMILES string of the molecule is COc1cccc(CN(Cc2ccc3c(c2)OCO3)CC(C)(C)O)c1. The molecule has 0 atom stereocenters. The number of nitrogens with zero attached hydrogens (tertiary/aromatic N) is 1. The van der Waals surface area contributed by atoms with Crippen LogP contribution < -0.4 is 14.2 Å². The Morgan fingerprint density at radius 2 is 1.76 bits per heavy atom. The van der Waals surface area contributed by atoms with Gasteiger partial charge in [0.25, 0.3) is 0 Å². The van der Waals surface area contributed by atoms with Crippen molar-refractivity contribution in [1.82, 2.24) is 4.90 Å². The Labute approximate surface area is 148 Å². The lowest BCUT2D eigenvalue weighted by Gasteiger charge is -2.29. The molecule has 0 fully saturated rings. The predicted octanol–water partition coefficient (Wildman–Crippen LogP) is 3.20. The van der Waals surface area contributed by atoms with Gasteiger partial charge < -0.3 is 19.3 Å². The van der Waals surface area contributed by atoms with Crippen molar-refractivity contribution >= 4 is 0 Å². The van der Waals surface area contributed by atoms with E-state index in [0.717, 1.165) is 34.9 Å². The second kappa shape index (κ2) is 7.33. The van der Waals surface area contributed by atoms with E-state index < -0.39 is 5.60 Å². The molecule has 0 saturated carbocycles. The van der Waals surface area contributed by atoms with Gasteiger partial charge in [-0.15, -0.1) is 0 Å². The fourth-order valence-electron chi connectivity index (χ4n) is 3.04. The Bertz CT molecular complexity index is 724. The molecule has 0 aliphatic carbocycles. The summed E-state index contributed by atoms with van der Waals surface area (Å²) >= 11 is 0. The number of aliphatic hydroxyl groups is 1. The van der Waals surface area contributed by atoms with Crippen molar-refractivity contribution in [2.75, 3.05) is 20.4 Å². The van der Waals surface area contributed by atoms with E-state index >= 15 is 0 Å². The van der Waals surface area contributed by atoms with Gasteiger partial charge in [0, 0.05) is 19.6 Å². The molecule has 1 aliphatic heterocycles. The number of rotatable bonds is 7. The average Bonchev–Trinajstić information content (AvgIpc) is 3.01. The van der Waals surface area contributed by atoms with E-state index in [2.05, 4.69) is 11.0 Å². The first-order chi connectivity index (χ1) is 11.9. The van der Waals surface area contributed by atoms with Crippen molar-refractivity contribution in [2.24, 2.45) is 0 Å². The third-order valence-electron chi connectivity index (χ3n) is 3.99. The molecule has 1 N–H and O–H groups in total. The van der Waals surface area contributed by atoms with Crippen LogP contribution in [0, 0.1) is 0 Å². The van der Waals surface area contributed by atoms with Crippen molar-refractivity contribution < 1.29 is 19.3 Å². The summed E-state index contributed by atoms with van der Waals surface area (Å²) in [6, 6.07) is 14.0. The zero-order chi connectivity index (χ0) is 17.9. The standard InChI is InChI=1S/C20H25NO4/c1-20(2,22)13-21(11-15-5-4-6-17(9-15)23-3)12-16-7-8-18-19(10-16)25-14-24-18/h4-10,22H,11-14H2,1-3H3. The van der Waals surface area contributed by atoms with Crippen molar-refractivity contribution in [1.29, 1.82) is 0 Å². The first kappa shape index (κ1) is 17.6. The quantitative estimate of drug-likeness (QED) is 0.837. The number of fused-ring (bicyclic) bond motifs is 1. The zero-order valence-corrected chi connectivity index (χ0v) is 15.0. The normalized spacial score (nSPS) is 13.3. The third-order valence-corrected chi connectivity index (χ3v) is 3.99. The summed E-state index contributed by atoms with van der Waals surface area (Å²) in [7, 11) is 1.67. The third kappa shape index (κ3) is 4.87. The minimum Gasteiger partial charge on any atom is -0.497 e. The fourth-order valence-corrected chi connectivity index (χ4v) is 3.04.